The van der Waals surface area contributed by atoms with Crippen LogP contribution in [-0.4, -0.2) is 42.3 Å². The second kappa shape index (κ2) is 9.85. The fraction of sp³-hybridized carbons (Fsp3) is 0.400. The predicted molar refractivity (Wildman–Crippen MR) is 121 cm³/mol. The number of carboxylic acid groups (broad SMARTS) is 1. The van der Waals surface area contributed by atoms with Crippen LogP contribution in [-0.2, 0) is 14.3 Å². The summed E-state index contributed by atoms with van der Waals surface area (Å²) in [6, 6.07) is 14.7. The minimum absolute atomic E-state index is 0.0874. The molecule has 32 heavy (non-hydrogen) atoms. The molecule has 1 atom stereocenters. The molecule has 1 unspecified atom stereocenters. The summed E-state index contributed by atoms with van der Waals surface area (Å²) in [7, 11) is 0. The summed E-state index contributed by atoms with van der Waals surface area (Å²) in [5.41, 5.74) is 4.23. The molecule has 3 N–H and O–H groups in total. The van der Waals surface area contributed by atoms with E-state index in [0.717, 1.165) is 28.7 Å². The Kier molecular flexibility index (Phi) is 7.18. The highest BCUT2D eigenvalue weighted by Gasteiger charge is 2.30. The first-order valence-electron chi connectivity index (χ1n) is 10.8. The number of fused-ring (bicyclic) bond motifs is 3. The van der Waals surface area contributed by atoms with Crippen molar-refractivity contribution in [3.05, 3.63) is 59.7 Å². The van der Waals surface area contributed by atoms with Crippen molar-refractivity contribution in [1.82, 2.24) is 10.6 Å². The molecule has 0 bridgehead atoms. The number of rotatable bonds is 9. The molecule has 0 aromatic heterocycles. The van der Waals surface area contributed by atoms with Gasteiger partial charge in [-0.05, 0) is 34.1 Å². The molecule has 2 aromatic carbocycles. The Labute approximate surface area is 188 Å². The van der Waals surface area contributed by atoms with Crippen molar-refractivity contribution in [3.63, 3.8) is 0 Å². The number of hydrogen-bond acceptors (Lipinski definition) is 4. The highest BCUT2D eigenvalue weighted by atomic mass is 16.5. The monoisotopic (exact) mass is 438 g/mol. The molecule has 170 valence electrons. The molecule has 3 rings (SSSR count). The first kappa shape index (κ1) is 23.3. The molecule has 2 amide bonds. The van der Waals surface area contributed by atoms with Gasteiger partial charge in [0.25, 0.3) is 0 Å². The van der Waals surface area contributed by atoms with Gasteiger partial charge in [0.05, 0.1) is 6.42 Å². The van der Waals surface area contributed by atoms with Crippen molar-refractivity contribution in [2.24, 2.45) is 5.41 Å². The van der Waals surface area contributed by atoms with Crippen LogP contribution >= 0.6 is 0 Å². The van der Waals surface area contributed by atoms with E-state index in [-0.39, 0.29) is 17.9 Å². The molecule has 0 saturated heterocycles. The second-order valence-corrected chi connectivity index (χ2v) is 8.86. The lowest BCUT2D eigenvalue weighted by atomic mass is 9.90. The molecule has 0 heterocycles. The zero-order valence-electron chi connectivity index (χ0n) is 18.7. The van der Waals surface area contributed by atoms with Crippen LogP contribution in [0.2, 0.25) is 0 Å². The van der Waals surface area contributed by atoms with Crippen molar-refractivity contribution in [2.75, 3.05) is 13.2 Å². The average molecular weight is 439 g/mol. The van der Waals surface area contributed by atoms with Crippen molar-refractivity contribution in [1.29, 1.82) is 0 Å². The SMILES string of the molecule is CCC(C)(C)CNC(=O)C(CC(=O)O)NC(=O)OCC1c2ccccc2-c2ccccc21. The van der Waals surface area contributed by atoms with E-state index >= 15 is 0 Å². The van der Waals surface area contributed by atoms with Crippen LogP contribution in [0.5, 0.6) is 0 Å². The van der Waals surface area contributed by atoms with Crippen molar-refractivity contribution >= 4 is 18.0 Å². The summed E-state index contributed by atoms with van der Waals surface area (Å²) in [4.78, 5) is 36.2. The van der Waals surface area contributed by atoms with Gasteiger partial charge in [0, 0.05) is 12.5 Å². The Morgan fingerprint density at radius 2 is 1.59 bits per heavy atom. The van der Waals surface area contributed by atoms with Crippen LogP contribution in [0.3, 0.4) is 0 Å². The lowest BCUT2D eigenvalue weighted by molar-refractivity contribution is -0.139. The fourth-order valence-electron chi connectivity index (χ4n) is 3.74. The van der Waals surface area contributed by atoms with Gasteiger partial charge in [-0.2, -0.15) is 0 Å². The van der Waals surface area contributed by atoms with Gasteiger partial charge in [0.1, 0.15) is 12.6 Å². The lowest BCUT2D eigenvalue weighted by Crippen LogP contribution is -2.49. The maximum Gasteiger partial charge on any atom is 0.407 e. The Morgan fingerprint density at radius 1 is 1.03 bits per heavy atom. The van der Waals surface area contributed by atoms with E-state index in [9.17, 15) is 14.4 Å². The third kappa shape index (κ3) is 5.46. The quantitative estimate of drug-likeness (QED) is 0.550. The first-order chi connectivity index (χ1) is 15.2. The number of alkyl carbamates (subject to hydrolysis) is 1. The Morgan fingerprint density at radius 3 is 2.12 bits per heavy atom. The number of ether oxygens (including phenoxy) is 1. The fourth-order valence-corrected chi connectivity index (χ4v) is 3.74. The van der Waals surface area contributed by atoms with Crippen LogP contribution < -0.4 is 10.6 Å². The van der Waals surface area contributed by atoms with Crippen LogP contribution in [0.1, 0.15) is 50.7 Å². The van der Waals surface area contributed by atoms with Crippen molar-refractivity contribution in [3.8, 4) is 11.1 Å². The number of aliphatic carboxylic acids is 1. The minimum Gasteiger partial charge on any atom is -0.481 e. The molecule has 1 aliphatic carbocycles. The second-order valence-electron chi connectivity index (χ2n) is 8.86. The van der Waals surface area contributed by atoms with Crippen LogP contribution in [0.15, 0.2) is 48.5 Å². The average Bonchev–Trinajstić information content (AvgIpc) is 3.09. The zero-order valence-corrected chi connectivity index (χ0v) is 18.7. The largest absolute Gasteiger partial charge is 0.481 e. The number of nitrogens with one attached hydrogen (secondary N) is 2. The van der Waals surface area contributed by atoms with Crippen LogP contribution in [0.25, 0.3) is 11.1 Å². The Balaban J connectivity index is 1.64. The summed E-state index contributed by atoms with van der Waals surface area (Å²) < 4.78 is 5.45. The molecule has 0 radical (unpaired) electrons. The lowest BCUT2D eigenvalue weighted by Gasteiger charge is -2.25. The van der Waals surface area contributed by atoms with Gasteiger partial charge in [0.15, 0.2) is 0 Å². The number of benzene rings is 2. The zero-order chi connectivity index (χ0) is 23.3. The Hall–Kier alpha value is -3.35. The topological polar surface area (TPSA) is 105 Å². The molecule has 0 saturated carbocycles. The van der Waals surface area contributed by atoms with Gasteiger partial charge in [-0.3, -0.25) is 9.59 Å². The summed E-state index contributed by atoms with van der Waals surface area (Å²) in [6.07, 6.45) is -0.498. The van der Waals surface area contributed by atoms with Gasteiger partial charge < -0.3 is 20.5 Å². The summed E-state index contributed by atoms with van der Waals surface area (Å²) in [6.45, 7) is 6.47. The number of carbonyl (C=O) groups is 3. The van der Waals surface area contributed by atoms with Gasteiger partial charge in [-0.1, -0.05) is 69.3 Å². The normalized spacial score (nSPS) is 13.6. The van der Waals surface area contributed by atoms with E-state index in [0.29, 0.717) is 6.54 Å². The molecule has 7 nitrogen and oxygen atoms in total. The van der Waals surface area contributed by atoms with Gasteiger partial charge >= 0.3 is 12.1 Å². The minimum atomic E-state index is -1.21. The van der Waals surface area contributed by atoms with E-state index in [1.165, 1.54) is 0 Å². The predicted octanol–water partition coefficient (Wildman–Crippen LogP) is 3.92. The molecule has 0 spiro atoms. The summed E-state index contributed by atoms with van der Waals surface area (Å²) in [5, 5.41) is 14.3. The molecular formula is C25H30N2O5. The van der Waals surface area contributed by atoms with E-state index < -0.39 is 30.4 Å². The third-order valence-corrected chi connectivity index (χ3v) is 6.03. The van der Waals surface area contributed by atoms with Gasteiger partial charge in [-0.25, -0.2) is 4.79 Å². The van der Waals surface area contributed by atoms with Crippen molar-refractivity contribution < 1.29 is 24.2 Å². The number of hydrogen-bond donors (Lipinski definition) is 3. The smallest absolute Gasteiger partial charge is 0.407 e. The standard InChI is InChI=1S/C25H30N2O5/c1-4-25(2,3)15-26-23(30)21(13-22(28)29)27-24(31)32-14-20-18-11-7-5-9-16(18)17-10-6-8-12-19(17)20/h5-12,20-21H,4,13-15H2,1-3H3,(H,26,30)(H,27,31)(H,28,29). The number of carboxylic acids is 1. The molecule has 0 aliphatic heterocycles. The first-order valence-corrected chi connectivity index (χ1v) is 10.8. The maximum atomic E-state index is 12.5. The van der Waals surface area contributed by atoms with E-state index in [1.54, 1.807) is 0 Å². The van der Waals surface area contributed by atoms with E-state index in [1.807, 2.05) is 69.3 Å². The number of carbonyl (C=O) groups excluding carboxylic acids is 2. The third-order valence-electron chi connectivity index (χ3n) is 6.03. The highest BCUT2D eigenvalue weighted by Crippen LogP contribution is 2.44. The molecule has 7 heteroatoms. The molecule has 2 aromatic rings. The van der Waals surface area contributed by atoms with Crippen LogP contribution in [0.4, 0.5) is 4.79 Å². The van der Waals surface area contributed by atoms with E-state index in [2.05, 4.69) is 10.6 Å². The van der Waals surface area contributed by atoms with E-state index in [4.69, 9.17) is 9.84 Å². The molecule has 1 aliphatic rings. The van der Waals surface area contributed by atoms with Gasteiger partial charge in [-0.15, -0.1) is 0 Å². The molecule has 0 fully saturated rings. The number of amides is 2. The summed E-state index contributed by atoms with van der Waals surface area (Å²) >= 11 is 0. The summed E-state index contributed by atoms with van der Waals surface area (Å²) in [5.74, 6) is -1.84. The maximum absolute atomic E-state index is 12.5. The highest BCUT2D eigenvalue weighted by molar-refractivity contribution is 5.89. The molecular weight excluding hydrogens is 408 g/mol. The van der Waals surface area contributed by atoms with Crippen molar-refractivity contribution in [2.45, 2.75) is 45.6 Å². The Bertz CT molecular complexity index is 956. The van der Waals surface area contributed by atoms with Crippen LogP contribution in [0, 0.1) is 5.41 Å². The van der Waals surface area contributed by atoms with Gasteiger partial charge in [0.2, 0.25) is 5.91 Å².